The van der Waals surface area contributed by atoms with E-state index in [1.807, 2.05) is 11.8 Å². The van der Waals surface area contributed by atoms with E-state index in [0.717, 1.165) is 24.3 Å². The molecule has 0 aromatic carbocycles. The number of carbonyl (C=O) groups excluding carboxylic acids is 1. The zero-order valence-corrected chi connectivity index (χ0v) is 11.6. The molecule has 0 saturated carbocycles. The highest BCUT2D eigenvalue weighted by Gasteiger charge is 2.30. The molecule has 1 aromatic rings. The Morgan fingerprint density at radius 1 is 1.59 bits per heavy atom. The highest BCUT2D eigenvalue weighted by Crippen LogP contribution is 2.26. The molecule has 17 heavy (non-hydrogen) atoms. The fourth-order valence-electron chi connectivity index (χ4n) is 1.70. The summed E-state index contributed by atoms with van der Waals surface area (Å²) in [6, 6.07) is 1.61. The minimum absolute atomic E-state index is 0.217. The Bertz CT molecular complexity index is 401. The van der Waals surface area contributed by atoms with Crippen molar-refractivity contribution in [1.29, 1.82) is 0 Å². The van der Waals surface area contributed by atoms with Crippen LogP contribution in [0, 0.1) is 0 Å². The second-order valence-corrected chi connectivity index (χ2v) is 6.17. The summed E-state index contributed by atoms with van der Waals surface area (Å²) in [6.07, 6.45) is 2.85. The second-order valence-electron chi connectivity index (χ2n) is 4.16. The number of furan rings is 1. The van der Waals surface area contributed by atoms with Gasteiger partial charge in [0.15, 0.2) is 4.67 Å². The standard InChI is InChI=1S/C11H14BrNO3S/c12-9-5-8(6-16-9)10(14)13-7-11(15)1-3-17-4-2-11/h5-6,15H,1-4,7H2,(H,13,14). The number of amides is 1. The number of halogens is 1. The Morgan fingerprint density at radius 3 is 2.88 bits per heavy atom. The van der Waals surface area contributed by atoms with Crippen molar-refractivity contribution in [3.63, 3.8) is 0 Å². The lowest BCUT2D eigenvalue weighted by atomic mass is 9.97. The van der Waals surface area contributed by atoms with Gasteiger partial charge in [-0.3, -0.25) is 4.79 Å². The summed E-state index contributed by atoms with van der Waals surface area (Å²) < 4.78 is 5.52. The van der Waals surface area contributed by atoms with E-state index in [-0.39, 0.29) is 5.91 Å². The van der Waals surface area contributed by atoms with Crippen LogP contribution in [0.4, 0.5) is 0 Å². The fraction of sp³-hybridized carbons (Fsp3) is 0.545. The summed E-state index contributed by atoms with van der Waals surface area (Å²) in [4.78, 5) is 11.7. The summed E-state index contributed by atoms with van der Waals surface area (Å²) in [7, 11) is 0. The monoisotopic (exact) mass is 319 g/mol. The number of thioether (sulfide) groups is 1. The number of carbonyl (C=O) groups is 1. The lowest BCUT2D eigenvalue weighted by molar-refractivity contribution is 0.0311. The average Bonchev–Trinajstić information content (AvgIpc) is 2.74. The van der Waals surface area contributed by atoms with Crippen LogP contribution in [0.5, 0.6) is 0 Å². The van der Waals surface area contributed by atoms with Crippen molar-refractivity contribution < 1.29 is 14.3 Å². The van der Waals surface area contributed by atoms with E-state index in [9.17, 15) is 9.90 Å². The summed E-state index contributed by atoms with van der Waals surface area (Å²) in [6.45, 7) is 0.301. The van der Waals surface area contributed by atoms with Crippen LogP contribution in [0.2, 0.25) is 0 Å². The molecule has 0 unspecified atom stereocenters. The van der Waals surface area contributed by atoms with Gasteiger partial charge in [-0.25, -0.2) is 0 Å². The van der Waals surface area contributed by atoms with E-state index in [1.165, 1.54) is 6.26 Å². The number of hydrogen-bond donors (Lipinski definition) is 2. The normalized spacial score (nSPS) is 18.9. The largest absolute Gasteiger partial charge is 0.457 e. The SMILES string of the molecule is O=C(NCC1(O)CCSCC1)c1coc(Br)c1. The predicted octanol–water partition coefficient (Wildman–Crippen LogP) is 2.03. The van der Waals surface area contributed by atoms with Crippen LogP contribution in [0.1, 0.15) is 23.2 Å². The van der Waals surface area contributed by atoms with Crippen LogP contribution < -0.4 is 5.32 Å². The van der Waals surface area contributed by atoms with Gasteiger partial charge >= 0.3 is 0 Å². The van der Waals surface area contributed by atoms with Crippen LogP contribution in [0.3, 0.4) is 0 Å². The van der Waals surface area contributed by atoms with E-state index in [4.69, 9.17) is 4.42 Å². The molecule has 0 atom stereocenters. The molecular formula is C11H14BrNO3S. The summed E-state index contributed by atoms with van der Waals surface area (Å²) in [5.41, 5.74) is -0.285. The first-order chi connectivity index (χ1) is 8.09. The molecule has 94 valence electrons. The molecule has 6 heteroatoms. The van der Waals surface area contributed by atoms with E-state index in [2.05, 4.69) is 21.2 Å². The van der Waals surface area contributed by atoms with E-state index >= 15 is 0 Å². The van der Waals surface area contributed by atoms with Gasteiger partial charge in [-0.15, -0.1) is 0 Å². The molecule has 1 aromatic heterocycles. The van der Waals surface area contributed by atoms with Gasteiger partial charge in [0.2, 0.25) is 0 Å². The van der Waals surface area contributed by atoms with Gasteiger partial charge in [-0.1, -0.05) is 0 Å². The number of rotatable bonds is 3. The molecule has 0 spiro atoms. The van der Waals surface area contributed by atoms with Crippen molar-refractivity contribution in [3.05, 3.63) is 22.6 Å². The first-order valence-corrected chi connectivity index (χ1v) is 7.36. The summed E-state index contributed by atoms with van der Waals surface area (Å²) in [5, 5.41) is 13.0. The fourth-order valence-corrected chi connectivity index (χ4v) is 3.30. The van der Waals surface area contributed by atoms with Crippen LogP contribution in [0.15, 0.2) is 21.4 Å². The lowest BCUT2D eigenvalue weighted by Gasteiger charge is -2.31. The molecule has 1 saturated heterocycles. The van der Waals surface area contributed by atoms with Gasteiger partial charge in [-0.05, 0) is 40.3 Å². The third kappa shape index (κ3) is 3.50. The molecule has 0 radical (unpaired) electrons. The minimum atomic E-state index is -0.748. The molecular weight excluding hydrogens is 306 g/mol. The van der Waals surface area contributed by atoms with Gasteiger partial charge < -0.3 is 14.8 Å². The zero-order chi connectivity index (χ0) is 12.3. The van der Waals surface area contributed by atoms with E-state index in [1.54, 1.807) is 6.07 Å². The lowest BCUT2D eigenvalue weighted by Crippen LogP contribution is -2.45. The van der Waals surface area contributed by atoms with Crippen molar-refractivity contribution in [2.24, 2.45) is 0 Å². The minimum Gasteiger partial charge on any atom is -0.457 e. The molecule has 1 aliphatic heterocycles. The highest BCUT2D eigenvalue weighted by atomic mass is 79.9. The molecule has 4 nitrogen and oxygen atoms in total. The Labute approximate surface area is 112 Å². The van der Waals surface area contributed by atoms with Crippen LogP contribution in [-0.4, -0.2) is 34.7 Å². The smallest absolute Gasteiger partial charge is 0.254 e. The van der Waals surface area contributed by atoms with Crippen molar-refractivity contribution in [2.75, 3.05) is 18.1 Å². The predicted molar refractivity (Wildman–Crippen MR) is 70.3 cm³/mol. The molecule has 1 fully saturated rings. The quantitative estimate of drug-likeness (QED) is 0.894. The Kier molecular flexibility index (Phi) is 4.17. The molecule has 1 amide bonds. The Morgan fingerprint density at radius 2 is 2.29 bits per heavy atom. The van der Waals surface area contributed by atoms with Gasteiger partial charge in [-0.2, -0.15) is 11.8 Å². The third-order valence-corrected chi connectivity index (χ3v) is 4.23. The zero-order valence-electron chi connectivity index (χ0n) is 9.24. The van der Waals surface area contributed by atoms with Gasteiger partial charge in [0.1, 0.15) is 6.26 Å². The second kappa shape index (κ2) is 5.46. The molecule has 0 aliphatic carbocycles. The van der Waals surface area contributed by atoms with Crippen molar-refractivity contribution in [3.8, 4) is 0 Å². The average molecular weight is 320 g/mol. The first kappa shape index (κ1) is 13.0. The van der Waals surface area contributed by atoms with E-state index < -0.39 is 5.60 Å². The Hall–Kier alpha value is -0.460. The molecule has 1 aliphatic rings. The maximum atomic E-state index is 11.7. The molecule has 2 rings (SSSR count). The van der Waals surface area contributed by atoms with Gasteiger partial charge in [0.25, 0.3) is 5.91 Å². The molecule has 2 N–H and O–H groups in total. The van der Waals surface area contributed by atoms with Gasteiger partial charge in [0, 0.05) is 12.6 Å². The Balaban J connectivity index is 1.87. The van der Waals surface area contributed by atoms with E-state index in [0.29, 0.717) is 16.8 Å². The first-order valence-electron chi connectivity index (χ1n) is 5.41. The van der Waals surface area contributed by atoms with Crippen LogP contribution in [-0.2, 0) is 0 Å². The number of hydrogen-bond acceptors (Lipinski definition) is 4. The maximum absolute atomic E-state index is 11.7. The topological polar surface area (TPSA) is 62.5 Å². The molecule has 2 heterocycles. The number of nitrogens with one attached hydrogen (secondary N) is 1. The molecule has 0 bridgehead atoms. The maximum Gasteiger partial charge on any atom is 0.254 e. The third-order valence-electron chi connectivity index (χ3n) is 2.83. The van der Waals surface area contributed by atoms with Crippen LogP contribution >= 0.6 is 27.7 Å². The van der Waals surface area contributed by atoms with Gasteiger partial charge in [0.05, 0.1) is 11.2 Å². The number of aliphatic hydroxyl groups is 1. The van der Waals surface area contributed by atoms with Crippen LogP contribution in [0.25, 0.3) is 0 Å². The van der Waals surface area contributed by atoms with Crippen molar-refractivity contribution in [1.82, 2.24) is 5.32 Å². The summed E-state index contributed by atoms with van der Waals surface area (Å²) in [5.74, 6) is 1.68. The summed E-state index contributed by atoms with van der Waals surface area (Å²) >= 11 is 4.98. The van der Waals surface area contributed by atoms with Crippen molar-refractivity contribution >= 4 is 33.6 Å². The highest BCUT2D eigenvalue weighted by molar-refractivity contribution is 9.10. The van der Waals surface area contributed by atoms with Crippen molar-refractivity contribution in [2.45, 2.75) is 18.4 Å².